The largest absolute Gasteiger partial charge is 0.0952 e. The quantitative estimate of drug-likeness (QED) is 0.645. The van der Waals surface area contributed by atoms with Gasteiger partial charge in [-0.3, -0.25) is 0 Å². The van der Waals surface area contributed by atoms with Gasteiger partial charge in [0.15, 0.2) is 0 Å². The van der Waals surface area contributed by atoms with Crippen LogP contribution in [0.15, 0.2) is 30.8 Å². The SMILES string of the molecule is C=C(CCC)c1ccccc1CC. The van der Waals surface area contributed by atoms with E-state index in [1.165, 1.54) is 23.1 Å². The minimum Gasteiger partial charge on any atom is -0.0952 e. The molecular formula is C13H18. The van der Waals surface area contributed by atoms with E-state index in [0.29, 0.717) is 0 Å². The lowest BCUT2D eigenvalue weighted by Crippen LogP contribution is -1.90. The first-order chi connectivity index (χ1) is 6.29. The van der Waals surface area contributed by atoms with Crippen LogP contribution in [0.4, 0.5) is 0 Å². The van der Waals surface area contributed by atoms with Crippen molar-refractivity contribution in [3.63, 3.8) is 0 Å². The number of rotatable bonds is 4. The predicted octanol–water partition coefficient (Wildman–Crippen LogP) is 4.06. The first-order valence-electron chi connectivity index (χ1n) is 5.05. The minimum absolute atomic E-state index is 1.10. The molecule has 0 spiro atoms. The summed E-state index contributed by atoms with van der Waals surface area (Å²) in [5.41, 5.74) is 4.05. The number of hydrogen-bond donors (Lipinski definition) is 0. The fourth-order valence-corrected chi connectivity index (χ4v) is 1.61. The zero-order valence-corrected chi connectivity index (χ0v) is 8.64. The summed E-state index contributed by atoms with van der Waals surface area (Å²) in [4.78, 5) is 0. The van der Waals surface area contributed by atoms with Gasteiger partial charge in [0.05, 0.1) is 0 Å². The average molecular weight is 174 g/mol. The molecule has 1 rings (SSSR count). The van der Waals surface area contributed by atoms with Gasteiger partial charge in [-0.2, -0.15) is 0 Å². The Morgan fingerprint density at radius 2 is 1.92 bits per heavy atom. The summed E-state index contributed by atoms with van der Waals surface area (Å²) in [6, 6.07) is 8.56. The molecule has 0 bridgehead atoms. The van der Waals surface area contributed by atoms with E-state index in [9.17, 15) is 0 Å². The number of aryl methyl sites for hydroxylation is 1. The standard InChI is InChI=1S/C13H18/c1-4-8-11(3)13-10-7-6-9-12(13)5-2/h6-7,9-10H,3-5,8H2,1-2H3. The van der Waals surface area contributed by atoms with Gasteiger partial charge in [-0.05, 0) is 29.5 Å². The van der Waals surface area contributed by atoms with Crippen LogP contribution < -0.4 is 0 Å². The molecule has 0 atom stereocenters. The Morgan fingerprint density at radius 3 is 2.54 bits per heavy atom. The summed E-state index contributed by atoms with van der Waals surface area (Å²) < 4.78 is 0. The van der Waals surface area contributed by atoms with Crippen molar-refractivity contribution in [3.05, 3.63) is 42.0 Å². The summed E-state index contributed by atoms with van der Waals surface area (Å²) in [5.74, 6) is 0. The van der Waals surface area contributed by atoms with E-state index in [1.807, 2.05) is 0 Å². The van der Waals surface area contributed by atoms with Gasteiger partial charge in [-0.25, -0.2) is 0 Å². The summed E-state index contributed by atoms with van der Waals surface area (Å²) >= 11 is 0. The molecule has 0 fully saturated rings. The Hall–Kier alpha value is -1.04. The second-order valence-corrected chi connectivity index (χ2v) is 3.36. The van der Waals surface area contributed by atoms with E-state index < -0.39 is 0 Å². The normalized spacial score (nSPS) is 10.0. The van der Waals surface area contributed by atoms with Crippen molar-refractivity contribution in [2.24, 2.45) is 0 Å². The molecule has 1 aromatic rings. The van der Waals surface area contributed by atoms with Gasteiger partial charge >= 0.3 is 0 Å². The van der Waals surface area contributed by atoms with Crippen molar-refractivity contribution in [2.75, 3.05) is 0 Å². The Labute approximate surface area is 81.3 Å². The molecule has 0 nitrogen and oxygen atoms in total. The van der Waals surface area contributed by atoms with Crippen molar-refractivity contribution in [1.82, 2.24) is 0 Å². The topological polar surface area (TPSA) is 0 Å². The third-order valence-corrected chi connectivity index (χ3v) is 2.33. The summed E-state index contributed by atoms with van der Waals surface area (Å²) in [6.45, 7) is 8.51. The molecule has 13 heavy (non-hydrogen) atoms. The van der Waals surface area contributed by atoms with E-state index in [1.54, 1.807) is 0 Å². The molecule has 0 N–H and O–H groups in total. The van der Waals surface area contributed by atoms with E-state index in [0.717, 1.165) is 12.8 Å². The van der Waals surface area contributed by atoms with Crippen molar-refractivity contribution in [2.45, 2.75) is 33.1 Å². The van der Waals surface area contributed by atoms with Gasteiger partial charge < -0.3 is 0 Å². The van der Waals surface area contributed by atoms with Crippen LogP contribution >= 0.6 is 0 Å². The lowest BCUT2D eigenvalue weighted by Gasteiger charge is -2.09. The average Bonchev–Trinajstić information content (AvgIpc) is 2.18. The Morgan fingerprint density at radius 1 is 1.23 bits per heavy atom. The molecule has 0 aliphatic rings. The zero-order chi connectivity index (χ0) is 9.68. The van der Waals surface area contributed by atoms with Gasteiger partial charge in [0.2, 0.25) is 0 Å². The lowest BCUT2D eigenvalue weighted by molar-refractivity contribution is 0.970. The van der Waals surface area contributed by atoms with Gasteiger partial charge in [0, 0.05) is 0 Å². The molecule has 0 heteroatoms. The molecule has 0 aliphatic heterocycles. The monoisotopic (exact) mass is 174 g/mol. The van der Waals surface area contributed by atoms with Crippen molar-refractivity contribution >= 4 is 5.57 Å². The van der Waals surface area contributed by atoms with Gasteiger partial charge in [0.25, 0.3) is 0 Å². The van der Waals surface area contributed by atoms with Crippen LogP contribution in [0.1, 0.15) is 37.8 Å². The van der Waals surface area contributed by atoms with Crippen LogP contribution in [0.3, 0.4) is 0 Å². The van der Waals surface area contributed by atoms with Gasteiger partial charge in [-0.15, -0.1) is 0 Å². The number of benzene rings is 1. The highest BCUT2D eigenvalue weighted by Gasteiger charge is 2.01. The van der Waals surface area contributed by atoms with Crippen LogP contribution in [0.2, 0.25) is 0 Å². The van der Waals surface area contributed by atoms with E-state index >= 15 is 0 Å². The third-order valence-electron chi connectivity index (χ3n) is 2.33. The fraction of sp³-hybridized carbons (Fsp3) is 0.385. The highest BCUT2D eigenvalue weighted by Crippen LogP contribution is 2.21. The third kappa shape index (κ3) is 2.45. The number of allylic oxidation sites excluding steroid dienone is 1. The van der Waals surface area contributed by atoms with Crippen molar-refractivity contribution < 1.29 is 0 Å². The van der Waals surface area contributed by atoms with Crippen LogP contribution in [0, 0.1) is 0 Å². The molecule has 0 amide bonds. The van der Waals surface area contributed by atoms with E-state index in [2.05, 4.69) is 44.7 Å². The Kier molecular flexibility index (Phi) is 3.75. The highest BCUT2D eigenvalue weighted by molar-refractivity contribution is 5.66. The molecule has 0 unspecified atom stereocenters. The lowest BCUT2D eigenvalue weighted by atomic mass is 9.96. The Balaban J connectivity index is 2.92. The van der Waals surface area contributed by atoms with E-state index in [4.69, 9.17) is 0 Å². The van der Waals surface area contributed by atoms with Crippen molar-refractivity contribution in [1.29, 1.82) is 0 Å². The molecule has 0 radical (unpaired) electrons. The smallest absolute Gasteiger partial charge is 0.0198 e. The molecule has 1 aromatic carbocycles. The van der Waals surface area contributed by atoms with Gasteiger partial charge in [-0.1, -0.05) is 51.1 Å². The molecule has 0 aliphatic carbocycles. The minimum atomic E-state index is 1.10. The number of hydrogen-bond acceptors (Lipinski definition) is 0. The first-order valence-corrected chi connectivity index (χ1v) is 5.05. The molecule has 0 saturated heterocycles. The van der Waals surface area contributed by atoms with Crippen LogP contribution in [0.25, 0.3) is 5.57 Å². The summed E-state index contributed by atoms with van der Waals surface area (Å²) in [5, 5.41) is 0. The predicted molar refractivity (Wildman–Crippen MR) is 59.8 cm³/mol. The van der Waals surface area contributed by atoms with Crippen LogP contribution in [0.5, 0.6) is 0 Å². The van der Waals surface area contributed by atoms with Crippen LogP contribution in [-0.2, 0) is 6.42 Å². The molecule has 0 heterocycles. The second-order valence-electron chi connectivity index (χ2n) is 3.36. The first kappa shape index (κ1) is 10.0. The van der Waals surface area contributed by atoms with Crippen LogP contribution in [-0.4, -0.2) is 0 Å². The Bertz CT molecular complexity index is 284. The fourth-order valence-electron chi connectivity index (χ4n) is 1.61. The van der Waals surface area contributed by atoms with Crippen molar-refractivity contribution in [3.8, 4) is 0 Å². The summed E-state index contributed by atoms with van der Waals surface area (Å²) in [6.07, 6.45) is 3.38. The maximum atomic E-state index is 4.12. The summed E-state index contributed by atoms with van der Waals surface area (Å²) in [7, 11) is 0. The van der Waals surface area contributed by atoms with E-state index in [-0.39, 0.29) is 0 Å². The molecule has 70 valence electrons. The van der Waals surface area contributed by atoms with Gasteiger partial charge in [0.1, 0.15) is 0 Å². The molecule has 0 saturated carbocycles. The molecular weight excluding hydrogens is 156 g/mol. The zero-order valence-electron chi connectivity index (χ0n) is 8.64. The maximum Gasteiger partial charge on any atom is -0.0198 e. The molecule has 0 aromatic heterocycles. The highest BCUT2D eigenvalue weighted by atomic mass is 14.1. The second kappa shape index (κ2) is 4.86. The maximum absolute atomic E-state index is 4.12.